The number of carbonyl (C=O) groups excluding carboxylic acids is 1. The number of carbonyl (C=O) groups is 1. The Bertz CT molecular complexity index is 933. The minimum absolute atomic E-state index is 0.280. The standard InChI is InChI=1S/C21H20FN3O2/c22-17-11-7-10-16(14-17)19(26)24-21(12-5-2-6-13-21)20-23-18(25-27-20)15-8-3-1-4-9-15/h1,3-4,7-11,14H,2,5-6,12-13H2,(H,24,26). The van der Waals surface area contributed by atoms with Crippen LogP contribution in [0, 0.1) is 5.82 Å². The molecule has 5 nitrogen and oxygen atoms in total. The molecule has 0 saturated heterocycles. The second kappa shape index (κ2) is 7.31. The van der Waals surface area contributed by atoms with Crippen LogP contribution in [0.3, 0.4) is 0 Å². The van der Waals surface area contributed by atoms with Crippen molar-refractivity contribution in [2.45, 2.75) is 37.6 Å². The first-order valence-electron chi connectivity index (χ1n) is 9.14. The van der Waals surface area contributed by atoms with Crippen molar-refractivity contribution in [1.29, 1.82) is 0 Å². The Morgan fingerprint density at radius 1 is 1.04 bits per heavy atom. The molecule has 1 aliphatic carbocycles. The summed E-state index contributed by atoms with van der Waals surface area (Å²) in [5, 5.41) is 7.16. The third kappa shape index (κ3) is 3.60. The Morgan fingerprint density at radius 2 is 1.81 bits per heavy atom. The minimum Gasteiger partial charge on any atom is -0.338 e. The summed E-state index contributed by atoms with van der Waals surface area (Å²) in [6.45, 7) is 0. The number of halogens is 1. The van der Waals surface area contributed by atoms with Crippen LogP contribution in [-0.2, 0) is 5.54 Å². The SMILES string of the molecule is O=C(NC1(c2nc(-c3ccccc3)no2)CCCCC1)c1cccc(F)c1. The molecule has 138 valence electrons. The normalized spacial score (nSPS) is 16.0. The van der Waals surface area contributed by atoms with Crippen molar-refractivity contribution in [3.05, 3.63) is 71.9 Å². The topological polar surface area (TPSA) is 68.0 Å². The van der Waals surface area contributed by atoms with E-state index in [1.54, 1.807) is 6.07 Å². The third-order valence-electron chi connectivity index (χ3n) is 5.01. The molecule has 1 heterocycles. The van der Waals surface area contributed by atoms with Gasteiger partial charge in [-0.1, -0.05) is 60.8 Å². The number of hydrogen-bond donors (Lipinski definition) is 1. The smallest absolute Gasteiger partial charge is 0.252 e. The summed E-state index contributed by atoms with van der Waals surface area (Å²) in [7, 11) is 0. The highest BCUT2D eigenvalue weighted by Gasteiger charge is 2.41. The molecule has 2 aromatic carbocycles. The number of benzene rings is 2. The van der Waals surface area contributed by atoms with Gasteiger partial charge in [0.2, 0.25) is 5.82 Å². The summed E-state index contributed by atoms with van der Waals surface area (Å²) < 4.78 is 19.1. The molecule has 0 aliphatic heterocycles. The molecule has 0 unspecified atom stereocenters. The number of nitrogens with zero attached hydrogens (tertiary/aromatic N) is 2. The van der Waals surface area contributed by atoms with Crippen molar-refractivity contribution < 1.29 is 13.7 Å². The van der Waals surface area contributed by atoms with Crippen molar-refractivity contribution >= 4 is 5.91 Å². The fourth-order valence-corrected chi connectivity index (χ4v) is 3.59. The highest BCUT2D eigenvalue weighted by atomic mass is 19.1. The molecule has 0 radical (unpaired) electrons. The highest BCUT2D eigenvalue weighted by Crippen LogP contribution is 2.37. The zero-order chi connectivity index (χ0) is 18.7. The van der Waals surface area contributed by atoms with E-state index in [9.17, 15) is 9.18 Å². The van der Waals surface area contributed by atoms with Gasteiger partial charge in [-0.05, 0) is 31.0 Å². The summed E-state index contributed by atoms with van der Waals surface area (Å²) in [6, 6.07) is 15.2. The van der Waals surface area contributed by atoms with Crippen LogP contribution in [0.15, 0.2) is 59.1 Å². The Hall–Kier alpha value is -3.02. The molecule has 1 saturated carbocycles. The summed E-state index contributed by atoms with van der Waals surface area (Å²) in [5.74, 6) is 0.127. The number of nitrogens with one attached hydrogen (secondary N) is 1. The number of aromatic nitrogens is 2. The van der Waals surface area contributed by atoms with E-state index >= 15 is 0 Å². The average Bonchev–Trinajstić information content (AvgIpc) is 3.20. The second-order valence-electron chi connectivity index (χ2n) is 6.90. The molecule has 1 aliphatic rings. The van der Waals surface area contributed by atoms with Crippen LogP contribution < -0.4 is 5.32 Å². The molecule has 3 aromatic rings. The van der Waals surface area contributed by atoms with E-state index in [1.807, 2.05) is 30.3 Å². The van der Waals surface area contributed by atoms with Gasteiger partial charge in [-0.15, -0.1) is 0 Å². The number of hydrogen-bond acceptors (Lipinski definition) is 4. The first kappa shape index (κ1) is 17.4. The molecule has 0 bridgehead atoms. The number of rotatable bonds is 4. The van der Waals surface area contributed by atoms with Gasteiger partial charge in [0.15, 0.2) is 0 Å². The highest BCUT2D eigenvalue weighted by molar-refractivity contribution is 5.94. The lowest BCUT2D eigenvalue weighted by Gasteiger charge is -2.34. The number of amides is 1. The Labute approximate surface area is 156 Å². The summed E-state index contributed by atoms with van der Waals surface area (Å²) >= 11 is 0. The quantitative estimate of drug-likeness (QED) is 0.741. The van der Waals surface area contributed by atoms with Crippen LogP contribution in [0.25, 0.3) is 11.4 Å². The van der Waals surface area contributed by atoms with Gasteiger partial charge >= 0.3 is 0 Å². The van der Waals surface area contributed by atoms with E-state index in [2.05, 4.69) is 15.5 Å². The van der Waals surface area contributed by atoms with Crippen LogP contribution in [-0.4, -0.2) is 16.0 Å². The van der Waals surface area contributed by atoms with Gasteiger partial charge in [0.25, 0.3) is 11.8 Å². The van der Waals surface area contributed by atoms with E-state index in [-0.39, 0.29) is 11.5 Å². The van der Waals surface area contributed by atoms with Gasteiger partial charge in [-0.3, -0.25) is 4.79 Å². The van der Waals surface area contributed by atoms with Crippen molar-refractivity contribution in [3.8, 4) is 11.4 Å². The Balaban J connectivity index is 1.65. The molecule has 0 atom stereocenters. The zero-order valence-electron chi connectivity index (χ0n) is 14.8. The Morgan fingerprint density at radius 3 is 2.56 bits per heavy atom. The molecule has 1 aromatic heterocycles. The van der Waals surface area contributed by atoms with E-state index in [4.69, 9.17) is 4.52 Å². The molecule has 1 N–H and O–H groups in total. The van der Waals surface area contributed by atoms with Gasteiger partial charge in [-0.25, -0.2) is 4.39 Å². The molecular formula is C21H20FN3O2. The van der Waals surface area contributed by atoms with Gasteiger partial charge in [-0.2, -0.15) is 4.98 Å². The third-order valence-corrected chi connectivity index (χ3v) is 5.01. The van der Waals surface area contributed by atoms with Crippen molar-refractivity contribution in [3.63, 3.8) is 0 Å². The molecule has 0 spiro atoms. The molecular weight excluding hydrogens is 345 g/mol. The largest absolute Gasteiger partial charge is 0.338 e. The predicted molar refractivity (Wildman–Crippen MR) is 98.4 cm³/mol. The van der Waals surface area contributed by atoms with Crippen LogP contribution in [0.5, 0.6) is 0 Å². The maximum absolute atomic E-state index is 13.5. The van der Waals surface area contributed by atoms with Crippen molar-refractivity contribution in [2.75, 3.05) is 0 Å². The van der Waals surface area contributed by atoms with Crippen LogP contribution >= 0.6 is 0 Å². The lowest BCUT2D eigenvalue weighted by Crippen LogP contribution is -2.47. The second-order valence-corrected chi connectivity index (χ2v) is 6.90. The van der Waals surface area contributed by atoms with Crippen molar-refractivity contribution in [1.82, 2.24) is 15.5 Å². The Kier molecular flexibility index (Phi) is 4.71. The lowest BCUT2D eigenvalue weighted by molar-refractivity contribution is 0.0824. The van der Waals surface area contributed by atoms with Gasteiger partial charge < -0.3 is 9.84 Å². The van der Waals surface area contributed by atoms with Crippen LogP contribution in [0.4, 0.5) is 4.39 Å². The maximum Gasteiger partial charge on any atom is 0.252 e. The fourth-order valence-electron chi connectivity index (χ4n) is 3.59. The molecule has 27 heavy (non-hydrogen) atoms. The maximum atomic E-state index is 13.5. The summed E-state index contributed by atoms with van der Waals surface area (Å²) in [5.41, 5.74) is 0.416. The predicted octanol–water partition coefficient (Wildman–Crippen LogP) is 4.47. The van der Waals surface area contributed by atoms with E-state index < -0.39 is 11.4 Å². The molecule has 4 rings (SSSR count). The molecule has 1 amide bonds. The van der Waals surface area contributed by atoms with E-state index in [0.29, 0.717) is 24.6 Å². The molecule has 6 heteroatoms. The van der Waals surface area contributed by atoms with Gasteiger partial charge in [0, 0.05) is 11.1 Å². The van der Waals surface area contributed by atoms with Crippen LogP contribution in [0.2, 0.25) is 0 Å². The van der Waals surface area contributed by atoms with E-state index in [0.717, 1.165) is 24.8 Å². The monoisotopic (exact) mass is 365 g/mol. The first-order valence-corrected chi connectivity index (χ1v) is 9.14. The van der Waals surface area contributed by atoms with Gasteiger partial charge in [0.05, 0.1) is 0 Å². The summed E-state index contributed by atoms with van der Waals surface area (Å²) in [6.07, 6.45) is 4.42. The van der Waals surface area contributed by atoms with Gasteiger partial charge in [0.1, 0.15) is 11.4 Å². The minimum atomic E-state index is -0.721. The van der Waals surface area contributed by atoms with Crippen LogP contribution in [0.1, 0.15) is 48.4 Å². The average molecular weight is 365 g/mol. The molecule has 1 fully saturated rings. The summed E-state index contributed by atoms with van der Waals surface area (Å²) in [4.78, 5) is 17.3. The first-order chi connectivity index (χ1) is 13.2. The van der Waals surface area contributed by atoms with Crippen molar-refractivity contribution in [2.24, 2.45) is 0 Å². The fraction of sp³-hybridized carbons (Fsp3) is 0.286. The van der Waals surface area contributed by atoms with E-state index in [1.165, 1.54) is 18.2 Å². The zero-order valence-corrected chi connectivity index (χ0v) is 14.8. The lowest BCUT2D eigenvalue weighted by atomic mass is 9.81.